The number of ether oxygens (including phenoxy) is 1. The maximum Gasteiger partial charge on any atom is 0.307 e. The Labute approximate surface area is 97.7 Å². The van der Waals surface area contributed by atoms with Crippen LogP contribution < -0.4 is 10.6 Å². The summed E-state index contributed by atoms with van der Waals surface area (Å²) in [5.41, 5.74) is -0.0493. The SMILES string of the molecule is CCNC(=NCCC(=O)OC)NC(C)(C)C. The van der Waals surface area contributed by atoms with Crippen molar-refractivity contribution in [3.8, 4) is 0 Å². The van der Waals surface area contributed by atoms with Crippen LogP contribution in [0.1, 0.15) is 34.1 Å². The molecule has 5 heteroatoms. The predicted molar refractivity (Wildman–Crippen MR) is 65.5 cm³/mol. The van der Waals surface area contributed by atoms with E-state index in [4.69, 9.17) is 0 Å². The molecule has 5 nitrogen and oxygen atoms in total. The molecule has 0 atom stereocenters. The number of nitrogens with one attached hydrogen (secondary N) is 2. The van der Waals surface area contributed by atoms with Crippen molar-refractivity contribution in [2.75, 3.05) is 20.2 Å². The lowest BCUT2D eigenvalue weighted by Gasteiger charge is -2.23. The quantitative estimate of drug-likeness (QED) is 0.427. The van der Waals surface area contributed by atoms with Crippen LogP contribution in [0.15, 0.2) is 4.99 Å². The zero-order chi connectivity index (χ0) is 12.6. The lowest BCUT2D eigenvalue weighted by atomic mass is 10.1. The molecule has 0 saturated carbocycles. The number of esters is 1. The molecule has 2 N–H and O–H groups in total. The molecule has 0 bridgehead atoms. The molecule has 0 saturated heterocycles. The summed E-state index contributed by atoms with van der Waals surface area (Å²) in [5, 5.41) is 6.35. The molecule has 0 rings (SSSR count). The first kappa shape index (κ1) is 14.7. The van der Waals surface area contributed by atoms with Crippen LogP contribution in [0, 0.1) is 0 Å². The van der Waals surface area contributed by atoms with Gasteiger partial charge in [0.05, 0.1) is 20.1 Å². The molecule has 0 unspecified atom stereocenters. The van der Waals surface area contributed by atoms with Crippen molar-refractivity contribution in [3.63, 3.8) is 0 Å². The maximum atomic E-state index is 10.9. The molecule has 0 aliphatic heterocycles. The average molecular weight is 229 g/mol. The second kappa shape index (κ2) is 7.09. The average Bonchev–Trinajstić information content (AvgIpc) is 2.15. The molecular weight excluding hydrogens is 206 g/mol. The van der Waals surface area contributed by atoms with Gasteiger partial charge in [0.15, 0.2) is 5.96 Å². The molecule has 0 aliphatic rings. The number of hydrogen-bond acceptors (Lipinski definition) is 3. The smallest absolute Gasteiger partial charge is 0.307 e. The van der Waals surface area contributed by atoms with Crippen LogP contribution in [0.2, 0.25) is 0 Å². The van der Waals surface area contributed by atoms with Crippen molar-refractivity contribution in [3.05, 3.63) is 0 Å². The van der Waals surface area contributed by atoms with Crippen LogP contribution in [-0.4, -0.2) is 37.7 Å². The number of aliphatic imine (C=N–C) groups is 1. The highest BCUT2D eigenvalue weighted by Gasteiger charge is 2.11. The van der Waals surface area contributed by atoms with Crippen LogP contribution in [0.5, 0.6) is 0 Å². The van der Waals surface area contributed by atoms with Crippen molar-refractivity contribution < 1.29 is 9.53 Å². The number of hydrogen-bond donors (Lipinski definition) is 2. The second-order valence-electron chi connectivity index (χ2n) is 4.46. The van der Waals surface area contributed by atoms with E-state index < -0.39 is 0 Å². The molecule has 0 aliphatic carbocycles. The third kappa shape index (κ3) is 8.08. The molecule has 0 aromatic heterocycles. The van der Waals surface area contributed by atoms with E-state index in [-0.39, 0.29) is 11.5 Å². The van der Waals surface area contributed by atoms with E-state index in [2.05, 4.69) is 41.1 Å². The van der Waals surface area contributed by atoms with Crippen molar-refractivity contribution in [1.82, 2.24) is 10.6 Å². The first-order valence-electron chi connectivity index (χ1n) is 5.52. The van der Waals surface area contributed by atoms with Crippen LogP contribution in [0.25, 0.3) is 0 Å². The predicted octanol–water partition coefficient (Wildman–Crippen LogP) is 0.903. The Bertz CT molecular complexity index is 244. The normalized spacial score (nSPS) is 12.2. The van der Waals surface area contributed by atoms with Gasteiger partial charge in [-0.2, -0.15) is 0 Å². The van der Waals surface area contributed by atoms with Gasteiger partial charge in [-0.25, -0.2) is 0 Å². The van der Waals surface area contributed by atoms with Crippen molar-refractivity contribution >= 4 is 11.9 Å². The topological polar surface area (TPSA) is 62.7 Å². The van der Waals surface area contributed by atoms with Gasteiger partial charge >= 0.3 is 5.97 Å². The Kier molecular flexibility index (Phi) is 6.53. The van der Waals surface area contributed by atoms with Crippen LogP contribution in [0.4, 0.5) is 0 Å². The Hall–Kier alpha value is -1.26. The number of carbonyl (C=O) groups is 1. The molecule has 0 fully saturated rings. The van der Waals surface area contributed by atoms with Gasteiger partial charge in [0.2, 0.25) is 0 Å². The van der Waals surface area contributed by atoms with Gasteiger partial charge in [-0.1, -0.05) is 0 Å². The summed E-state index contributed by atoms with van der Waals surface area (Å²) in [4.78, 5) is 15.2. The number of rotatable bonds is 4. The highest BCUT2D eigenvalue weighted by Crippen LogP contribution is 1.98. The molecular formula is C11H23N3O2. The lowest BCUT2D eigenvalue weighted by molar-refractivity contribution is -0.140. The molecule has 0 amide bonds. The van der Waals surface area contributed by atoms with E-state index in [1.54, 1.807) is 0 Å². The van der Waals surface area contributed by atoms with Gasteiger partial charge in [-0.15, -0.1) is 0 Å². The van der Waals surface area contributed by atoms with Gasteiger partial charge in [-0.05, 0) is 27.7 Å². The van der Waals surface area contributed by atoms with Gasteiger partial charge in [0.25, 0.3) is 0 Å². The molecule has 16 heavy (non-hydrogen) atoms. The highest BCUT2D eigenvalue weighted by atomic mass is 16.5. The summed E-state index contributed by atoms with van der Waals surface area (Å²) >= 11 is 0. The highest BCUT2D eigenvalue weighted by molar-refractivity contribution is 5.80. The fourth-order valence-electron chi connectivity index (χ4n) is 1.02. The second-order valence-corrected chi connectivity index (χ2v) is 4.46. The monoisotopic (exact) mass is 229 g/mol. The van der Waals surface area contributed by atoms with E-state index in [0.717, 1.165) is 12.5 Å². The van der Waals surface area contributed by atoms with Gasteiger partial charge in [0, 0.05) is 12.1 Å². The van der Waals surface area contributed by atoms with E-state index in [9.17, 15) is 4.79 Å². The van der Waals surface area contributed by atoms with E-state index in [0.29, 0.717) is 13.0 Å². The lowest BCUT2D eigenvalue weighted by Crippen LogP contribution is -2.47. The summed E-state index contributed by atoms with van der Waals surface area (Å²) in [6.07, 6.45) is 0.303. The van der Waals surface area contributed by atoms with Crippen LogP contribution in [0.3, 0.4) is 0 Å². The first-order chi connectivity index (χ1) is 7.39. The minimum absolute atomic E-state index is 0.0493. The van der Waals surface area contributed by atoms with Crippen LogP contribution >= 0.6 is 0 Å². The van der Waals surface area contributed by atoms with E-state index in [1.165, 1.54) is 7.11 Å². The third-order valence-electron chi connectivity index (χ3n) is 1.65. The van der Waals surface area contributed by atoms with Crippen molar-refractivity contribution in [1.29, 1.82) is 0 Å². The largest absolute Gasteiger partial charge is 0.469 e. The fourth-order valence-corrected chi connectivity index (χ4v) is 1.02. The molecule has 0 aromatic carbocycles. The molecule has 0 aromatic rings. The molecule has 0 heterocycles. The number of nitrogens with zero attached hydrogens (tertiary/aromatic N) is 1. The van der Waals surface area contributed by atoms with Gasteiger partial charge in [0.1, 0.15) is 0 Å². The van der Waals surface area contributed by atoms with E-state index >= 15 is 0 Å². The molecule has 0 radical (unpaired) electrons. The van der Waals surface area contributed by atoms with E-state index in [1.807, 2.05) is 6.92 Å². The van der Waals surface area contributed by atoms with Crippen molar-refractivity contribution in [2.45, 2.75) is 39.7 Å². The zero-order valence-corrected chi connectivity index (χ0v) is 10.9. The maximum absolute atomic E-state index is 10.9. The Balaban J connectivity index is 4.19. The summed E-state index contributed by atoms with van der Waals surface area (Å²) in [5.74, 6) is 0.481. The summed E-state index contributed by atoms with van der Waals surface area (Å²) in [6.45, 7) is 9.39. The van der Waals surface area contributed by atoms with Gasteiger partial charge < -0.3 is 15.4 Å². The molecule has 94 valence electrons. The number of guanidine groups is 1. The molecule has 0 spiro atoms. The zero-order valence-electron chi connectivity index (χ0n) is 10.9. The minimum Gasteiger partial charge on any atom is -0.469 e. The Morgan fingerprint density at radius 3 is 2.44 bits per heavy atom. The summed E-state index contributed by atoms with van der Waals surface area (Å²) in [6, 6.07) is 0. The first-order valence-corrected chi connectivity index (χ1v) is 5.52. The standard InChI is InChI=1S/C11H23N3O2/c1-6-12-10(14-11(2,3)4)13-8-7-9(15)16-5/h6-8H2,1-5H3,(H2,12,13,14). The van der Waals surface area contributed by atoms with Gasteiger partial charge in [-0.3, -0.25) is 9.79 Å². The number of methoxy groups -OCH3 is 1. The summed E-state index contributed by atoms with van der Waals surface area (Å²) < 4.78 is 4.54. The Morgan fingerprint density at radius 2 is 2.00 bits per heavy atom. The third-order valence-corrected chi connectivity index (χ3v) is 1.65. The van der Waals surface area contributed by atoms with Crippen molar-refractivity contribution in [2.24, 2.45) is 4.99 Å². The number of carbonyl (C=O) groups excluding carboxylic acids is 1. The van der Waals surface area contributed by atoms with Crippen LogP contribution in [-0.2, 0) is 9.53 Å². The minimum atomic E-state index is -0.240. The summed E-state index contributed by atoms with van der Waals surface area (Å²) in [7, 11) is 1.38. The fraction of sp³-hybridized carbons (Fsp3) is 0.818. The Morgan fingerprint density at radius 1 is 1.38 bits per heavy atom.